The molecule has 0 unspecified atom stereocenters. The van der Waals surface area contributed by atoms with Gasteiger partial charge in [0, 0.05) is 25.5 Å². The van der Waals surface area contributed by atoms with Crippen LogP contribution in [0.1, 0.15) is 201 Å². The first kappa shape index (κ1) is 35.4. The van der Waals surface area contributed by atoms with E-state index in [-0.39, 0.29) is 0 Å². The summed E-state index contributed by atoms with van der Waals surface area (Å²) < 4.78 is 0. The van der Waals surface area contributed by atoms with Crippen LogP contribution in [0.25, 0.3) is 0 Å². The fourth-order valence-electron chi connectivity index (χ4n) is 6.19. The summed E-state index contributed by atoms with van der Waals surface area (Å²) in [6.45, 7) is 9.48. The van der Waals surface area contributed by atoms with E-state index in [0.717, 1.165) is 0 Å². The number of hydrogen-bond acceptors (Lipinski definition) is 2. The van der Waals surface area contributed by atoms with Gasteiger partial charge in [0.2, 0.25) is 0 Å². The van der Waals surface area contributed by atoms with Gasteiger partial charge in [-0.1, -0.05) is 175 Å². The summed E-state index contributed by atoms with van der Waals surface area (Å²) in [6, 6.07) is 0. The van der Waals surface area contributed by atoms with Crippen molar-refractivity contribution in [1.29, 1.82) is 0 Å². The van der Waals surface area contributed by atoms with Crippen molar-refractivity contribution in [1.82, 2.24) is 9.80 Å². The van der Waals surface area contributed by atoms with Gasteiger partial charge in [-0.05, 0) is 25.7 Å². The molecule has 226 valence electrons. The molecule has 0 radical (unpaired) electrons. The molecule has 0 atom stereocenters. The second-order valence-electron chi connectivity index (χ2n) is 12.5. The van der Waals surface area contributed by atoms with Gasteiger partial charge in [0.15, 0.2) is 0 Å². The molecule has 0 aromatic carbocycles. The Morgan fingerprint density at radius 3 is 0.921 bits per heavy atom. The molecule has 0 aromatic rings. The van der Waals surface area contributed by atoms with Crippen molar-refractivity contribution in [2.24, 2.45) is 0 Å². The maximum absolute atomic E-state index is 2.69. The lowest BCUT2D eigenvalue weighted by atomic mass is 10.0. The first-order chi connectivity index (χ1) is 18.8. The highest BCUT2D eigenvalue weighted by Gasteiger charge is 2.24. The van der Waals surface area contributed by atoms with Crippen molar-refractivity contribution < 1.29 is 0 Å². The Bertz CT molecular complexity index is 450. The standard InChI is InChI=1S/C36H72N2/c1-4-7-10-12-14-16-18-20-22-24-26-29-32-37-34-35-38(36(37)31-28-9-6-3)33-30-27-25-23-21-19-17-15-13-11-8-5-2/h34-36H,4-33H2,1-3H3. The van der Waals surface area contributed by atoms with E-state index < -0.39 is 0 Å². The highest BCUT2D eigenvalue weighted by Crippen LogP contribution is 2.23. The van der Waals surface area contributed by atoms with Crippen LogP contribution in [0.15, 0.2) is 12.4 Å². The Morgan fingerprint density at radius 1 is 0.342 bits per heavy atom. The van der Waals surface area contributed by atoms with Crippen LogP contribution < -0.4 is 0 Å². The number of unbranched alkanes of at least 4 members (excludes halogenated alkanes) is 24. The highest BCUT2D eigenvalue weighted by atomic mass is 15.4. The molecule has 0 amide bonds. The van der Waals surface area contributed by atoms with E-state index in [9.17, 15) is 0 Å². The van der Waals surface area contributed by atoms with Crippen LogP contribution in [0.2, 0.25) is 0 Å². The van der Waals surface area contributed by atoms with Crippen molar-refractivity contribution in [2.75, 3.05) is 13.1 Å². The fourth-order valence-corrected chi connectivity index (χ4v) is 6.19. The summed E-state index contributed by atoms with van der Waals surface area (Å²) in [4.78, 5) is 5.37. The van der Waals surface area contributed by atoms with E-state index in [4.69, 9.17) is 0 Å². The summed E-state index contributed by atoms with van der Waals surface area (Å²) in [5, 5.41) is 0. The third kappa shape index (κ3) is 20.3. The number of rotatable bonds is 30. The fraction of sp³-hybridized carbons (Fsp3) is 0.944. The van der Waals surface area contributed by atoms with Crippen LogP contribution in [0.4, 0.5) is 0 Å². The predicted molar refractivity (Wildman–Crippen MR) is 173 cm³/mol. The summed E-state index contributed by atoms with van der Waals surface area (Å²) >= 11 is 0. The lowest BCUT2D eigenvalue weighted by Gasteiger charge is -2.33. The second-order valence-corrected chi connectivity index (χ2v) is 12.5. The zero-order valence-corrected chi connectivity index (χ0v) is 26.8. The van der Waals surface area contributed by atoms with Gasteiger partial charge in [-0.15, -0.1) is 0 Å². The normalized spacial score (nSPS) is 13.9. The first-order valence-electron chi connectivity index (χ1n) is 18.0. The quantitative estimate of drug-likeness (QED) is 0.0848. The molecule has 2 heteroatoms. The van der Waals surface area contributed by atoms with Crippen LogP contribution in [-0.4, -0.2) is 29.1 Å². The molecule has 0 aromatic heterocycles. The second kappa shape index (κ2) is 27.9. The molecule has 0 saturated heterocycles. The Kier molecular flexibility index (Phi) is 26.0. The van der Waals surface area contributed by atoms with Crippen molar-refractivity contribution >= 4 is 0 Å². The van der Waals surface area contributed by atoms with Crippen LogP contribution in [0, 0.1) is 0 Å². The SMILES string of the molecule is CCCCCCCCCCCCCCN1C=CN(CCCCCCCCCCCCCC)C1CCCCC. The van der Waals surface area contributed by atoms with Crippen LogP contribution in [0.3, 0.4) is 0 Å². The van der Waals surface area contributed by atoms with Gasteiger partial charge in [-0.3, -0.25) is 0 Å². The summed E-state index contributed by atoms with van der Waals surface area (Å²) in [7, 11) is 0. The zero-order chi connectivity index (χ0) is 27.4. The molecule has 0 bridgehead atoms. The van der Waals surface area contributed by atoms with E-state index in [2.05, 4.69) is 43.0 Å². The Morgan fingerprint density at radius 2 is 0.605 bits per heavy atom. The van der Waals surface area contributed by atoms with E-state index in [1.807, 2.05) is 0 Å². The van der Waals surface area contributed by atoms with E-state index in [1.165, 1.54) is 193 Å². The summed E-state index contributed by atoms with van der Waals surface area (Å²) in [5.74, 6) is 0. The summed E-state index contributed by atoms with van der Waals surface area (Å²) in [6.07, 6.45) is 45.5. The lowest BCUT2D eigenvalue weighted by molar-refractivity contribution is 0.135. The Labute approximate surface area is 241 Å². The molecule has 0 fully saturated rings. The smallest absolute Gasteiger partial charge is 0.101 e. The summed E-state index contributed by atoms with van der Waals surface area (Å²) in [5.41, 5.74) is 0. The number of hydrogen-bond donors (Lipinski definition) is 0. The Hall–Kier alpha value is -0.660. The molecular weight excluding hydrogens is 460 g/mol. The molecule has 1 rings (SSSR count). The lowest BCUT2D eigenvalue weighted by Crippen LogP contribution is -2.39. The van der Waals surface area contributed by atoms with Crippen molar-refractivity contribution in [3.8, 4) is 0 Å². The van der Waals surface area contributed by atoms with Gasteiger partial charge >= 0.3 is 0 Å². The van der Waals surface area contributed by atoms with E-state index in [0.29, 0.717) is 6.17 Å². The van der Waals surface area contributed by atoms with E-state index >= 15 is 0 Å². The molecule has 0 aliphatic carbocycles. The molecule has 0 spiro atoms. The first-order valence-corrected chi connectivity index (χ1v) is 18.0. The molecule has 1 aliphatic heterocycles. The average molecular weight is 533 g/mol. The van der Waals surface area contributed by atoms with Crippen molar-refractivity contribution in [3.63, 3.8) is 0 Å². The predicted octanol–water partition coefficient (Wildman–Crippen LogP) is 12.4. The maximum Gasteiger partial charge on any atom is 0.101 e. The zero-order valence-electron chi connectivity index (χ0n) is 26.8. The number of nitrogens with zero attached hydrogens (tertiary/aromatic N) is 2. The highest BCUT2D eigenvalue weighted by molar-refractivity contribution is 4.97. The molecule has 0 N–H and O–H groups in total. The minimum atomic E-state index is 0.641. The van der Waals surface area contributed by atoms with Gasteiger partial charge < -0.3 is 9.80 Å². The molecule has 2 nitrogen and oxygen atoms in total. The average Bonchev–Trinajstić information content (AvgIpc) is 3.31. The minimum absolute atomic E-state index is 0.641. The topological polar surface area (TPSA) is 6.48 Å². The van der Waals surface area contributed by atoms with Crippen LogP contribution in [0.5, 0.6) is 0 Å². The van der Waals surface area contributed by atoms with Gasteiger partial charge in [0.25, 0.3) is 0 Å². The molecule has 0 saturated carbocycles. The molecule has 1 aliphatic rings. The van der Waals surface area contributed by atoms with Gasteiger partial charge in [-0.25, -0.2) is 0 Å². The maximum atomic E-state index is 2.69. The Balaban J connectivity index is 2.08. The van der Waals surface area contributed by atoms with Crippen LogP contribution >= 0.6 is 0 Å². The monoisotopic (exact) mass is 533 g/mol. The molecule has 38 heavy (non-hydrogen) atoms. The third-order valence-electron chi connectivity index (χ3n) is 8.82. The minimum Gasteiger partial charge on any atom is -0.356 e. The largest absolute Gasteiger partial charge is 0.356 e. The molecular formula is C36H72N2. The van der Waals surface area contributed by atoms with Gasteiger partial charge in [0.1, 0.15) is 6.17 Å². The van der Waals surface area contributed by atoms with Crippen molar-refractivity contribution in [2.45, 2.75) is 207 Å². The van der Waals surface area contributed by atoms with Crippen molar-refractivity contribution in [3.05, 3.63) is 12.4 Å². The molecule has 1 heterocycles. The van der Waals surface area contributed by atoms with Gasteiger partial charge in [0.05, 0.1) is 0 Å². The third-order valence-corrected chi connectivity index (χ3v) is 8.82. The van der Waals surface area contributed by atoms with Crippen LogP contribution in [-0.2, 0) is 0 Å². The van der Waals surface area contributed by atoms with E-state index in [1.54, 1.807) is 0 Å². The van der Waals surface area contributed by atoms with Gasteiger partial charge in [-0.2, -0.15) is 0 Å².